The number of hydrogen-bond donors (Lipinski definition) is 0. The predicted octanol–water partition coefficient (Wildman–Crippen LogP) is 5.64. The van der Waals surface area contributed by atoms with Crippen molar-refractivity contribution in [2.45, 2.75) is 17.9 Å². The molecule has 1 heterocycles. The second-order valence-corrected chi connectivity index (χ2v) is 6.47. The average Bonchev–Trinajstić information content (AvgIpc) is 2.98. The molecule has 3 nitrogen and oxygen atoms in total. The second kappa shape index (κ2) is 6.73. The van der Waals surface area contributed by atoms with Gasteiger partial charge in [-0.05, 0) is 36.2 Å². The van der Waals surface area contributed by atoms with Crippen LogP contribution in [0.4, 0.5) is 0 Å². The molecule has 0 atom stereocenters. The van der Waals surface area contributed by atoms with E-state index in [4.69, 9.17) is 27.6 Å². The number of thioether (sulfide) groups is 1. The lowest BCUT2D eigenvalue weighted by Crippen LogP contribution is -1.81. The van der Waals surface area contributed by atoms with E-state index in [-0.39, 0.29) is 0 Å². The summed E-state index contributed by atoms with van der Waals surface area (Å²) >= 11 is 13.4. The van der Waals surface area contributed by atoms with Crippen LogP contribution in [0.3, 0.4) is 0 Å². The summed E-state index contributed by atoms with van der Waals surface area (Å²) in [6.45, 7) is 2.02. The van der Waals surface area contributed by atoms with Crippen molar-refractivity contribution in [1.29, 1.82) is 0 Å². The van der Waals surface area contributed by atoms with Crippen molar-refractivity contribution in [3.05, 3.63) is 63.6 Å². The first-order chi connectivity index (χ1) is 10.6. The Balaban J connectivity index is 1.72. The monoisotopic (exact) mass is 350 g/mol. The Morgan fingerprint density at radius 1 is 1.05 bits per heavy atom. The zero-order valence-corrected chi connectivity index (χ0v) is 14.0. The largest absolute Gasteiger partial charge is 0.411 e. The molecule has 0 fully saturated rings. The van der Waals surface area contributed by atoms with Crippen molar-refractivity contribution < 1.29 is 4.42 Å². The van der Waals surface area contributed by atoms with Crippen LogP contribution in [-0.2, 0) is 5.75 Å². The van der Waals surface area contributed by atoms with Crippen LogP contribution in [0.1, 0.15) is 11.1 Å². The first kappa shape index (κ1) is 15.4. The van der Waals surface area contributed by atoms with E-state index in [1.807, 2.05) is 43.3 Å². The molecular formula is C16H12Cl2N2OS. The number of rotatable bonds is 4. The lowest BCUT2D eigenvalue weighted by molar-refractivity contribution is 0.465. The Kier molecular flexibility index (Phi) is 4.71. The van der Waals surface area contributed by atoms with E-state index in [0.29, 0.717) is 26.9 Å². The first-order valence-corrected chi connectivity index (χ1v) is 8.34. The van der Waals surface area contributed by atoms with E-state index in [1.54, 1.807) is 6.07 Å². The van der Waals surface area contributed by atoms with Gasteiger partial charge in [-0.15, -0.1) is 10.2 Å². The highest BCUT2D eigenvalue weighted by Crippen LogP contribution is 2.29. The minimum Gasteiger partial charge on any atom is -0.411 e. The maximum absolute atomic E-state index is 6.00. The molecule has 0 aliphatic heterocycles. The molecule has 0 radical (unpaired) electrons. The molecule has 0 unspecified atom stereocenters. The lowest BCUT2D eigenvalue weighted by Gasteiger charge is -2.01. The van der Waals surface area contributed by atoms with Crippen molar-refractivity contribution in [3.8, 4) is 11.5 Å². The fraction of sp³-hybridized carbons (Fsp3) is 0.125. The molecule has 0 aliphatic rings. The smallest absolute Gasteiger partial charge is 0.277 e. The number of halogens is 2. The third kappa shape index (κ3) is 3.46. The van der Waals surface area contributed by atoms with Gasteiger partial charge in [0.25, 0.3) is 5.22 Å². The van der Waals surface area contributed by atoms with Gasteiger partial charge in [0.2, 0.25) is 5.89 Å². The average molecular weight is 351 g/mol. The third-order valence-corrected chi connectivity index (χ3v) is 4.76. The van der Waals surface area contributed by atoms with Crippen molar-refractivity contribution in [3.63, 3.8) is 0 Å². The minimum absolute atomic E-state index is 0.532. The van der Waals surface area contributed by atoms with Crippen LogP contribution in [0.2, 0.25) is 10.0 Å². The summed E-state index contributed by atoms with van der Waals surface area (Å²) in [5.74, 6) is 1.22. The van der Waals surface area contributed by atoms with Gasteiger partial charge < -0.3 is 4.42 Å². The zero-order chi connectivity index (χ0) is 15.5. The molecule has 6 heteroatoms. The van der Waals surface area contributed by atoms with Gasteiger partial charge in [-0.1, -0.05) is 59.2 Å². The molecule has 0 amide bonds. The van der Waals surface area contributed by atoms with Crippen LogP contribution in [0.15, 0.2) is 52.1 Å². The van der Waals surface area contributed by atoms with Gasteiger partial charge in [-0.3, -0.25) is 0 Å². The summed E-state index contributed by atoms with van der Waals surface area (Å²) in [5.41, 5.74) is 3.11. The molecule has 0 aliphatic carbocycles. The number of hydrogen-bond acceptors (Lipinski definition) is 4. The molecule has 0 saturated heterocycles. The van der Waals surface area contributed by atoms with Gasteiger partial charge in [-0.25, -0.2) is 0 Å². The zero-order valence-electron chi connectivity index (χ0n) is 11.7. The van der Waals surface area contributed by atoms with Crippen molar-refractivity contribution in [2.24, 2.45) is 0 Å². The maximum atomic E-state index is 6.00. The quantitative estimate of drug-likeness (QED) is 0.570. The fourth-order valence-electron chi connectivity index (χ4n) is 1.96. The summed E-state index contributed by atoms with van der Waals surface area (Å²) in [6, 6.07) is 13.5. The molecule has 0 bridgehead atoms. The number of aryl methyl sites for hydroxylation is 1. The lowest BCUT2D eigenvalue weighted by atomic mass is 10.1. The van der Waals surface area contributed by atoms with E-state index in [9.17, 15) is 0 Å². The molecule has 2 aromatic carbocycles. The standard InChI is InChI=1S/C16H12Cl2N2OS/c1-10-4-2-3-5-12(10)15-19-20-16(21-15)22-9-11-6-7-13(17)14(18)8-11/h2-8H,9H2,1H3. The Labute approximate surface area is 142 Å². The molecular weight excluding hydrogens is 339 g/mol. The van der Waals surface area contributed by atoms with E-state index < -0.39 is 0 Å². The topological polar surface area (TPSA) is 38.9 Å². The highest BCUT2D eigenvalue weighted by molar-refractivity contribution is 7.98. The number of benzene rings is 2. The third-order valence-electron chi connectivity index (χ3n) is 3.13. The van der Waals surface area contributed by atoms with Gasteiger partial charge >= 0.3 is 0 Å². The molecule has 112 valence electrons. The summed E-state index contributed by atoms with van der Waals surface area (Å²) in [4.78, 5) is 0. The SMILES string of the molecule is Cc1ccccc1-c1nnc(SCc2ccc(Cl)c(Cl)c2)o1. The Bertz CT molecular complexity index is 804. The Morgan fingerprint density at radius 3 is 2.64 bits per heavy atom. The summed E-state index contributed by atoms with van der Waals surface area (Å²) < 4.78 is 5.71. The maximum Gasteiger partial charge on any atom is 0.277 e. The van der Waals surface area contributed by atoms with E-state index in [0.717, 1.165) is 16.7 Å². The molecule has 0 saturated carbocycles. The highest BCUT2D eigenvalue weighted by Gasteiger charge is 2.11. The fourth-order valence-corrected chi connectivity index (χ4v) is 2.99. The van der Waals surface area contributed by atoms with Crippen LogP contribution in [-0.4, -0.2) is 10.2 Å². The molecule has 3 aromatic rings. The highest BCUT2D eigenvalue weighted by atomic mass is 35.5. The predicted molar refractivity (Wildman–Crippen MR) is 90.5 cm³/mol. The Hall–Kier alpha value is -1.49. The van der Waals surface area contributed by atoms with Crippen LogP contribution in [0, 0.1) is 6.92 Å². The van der Waals surface area contributed by atoms with Crippen molar-refractivity contribution >= 4 is 35.0 Å². The summed E-state index contributed by atoms with van der Waals surface area (Å²) in [5, 5.41) is 9.81. The molecule has 22 heavy (non-hydrogen) atoms. The molecule has 3 rings (SSSR count). The minimum atomic E-state index is 0.532. The van der Waals surface area contributed by atoms with Crippen LogP contribution >= 0.6 is 35.0 Å². The normalized spacial score (nSPS) is 10.9. The van der Waals surface area contributed by atoms with Gasteiger partial charge in [0.05, 0.1) is 10.0 Å². The summed E-state index contributed by atoms with van der Waals surface area (Å²) in [7, 11) is 0. The van der Waals surface area contributed by atoms with Crippen LogP contribution < -0.4 is 0 Å². The van der Waals surface area contributed by atoms with Crippen molar-refractivity contribution in [2.75, 3.05) is 0 Å². The van der Waals surface area contributed by atoms with Crippen LogP contribution in [0.25, 0.3) is 11.5 Å². The second-order valence-electron chi connectivity index (χ2n) is 4.73. The van der Waals surface area contributed by atoms with E-state index in [1.165, 1.54) is 11.8 Å². The molecule has 0 spiro atoms. The van der Waals surface area contributed by atoms with Gasteiger partial charge in [0.15, 0.2) is 0 Å². The van der Waals surface area contributed by atoms with Crippen molar-refractivity contribution in [1.82, 2.24) is 10.2 Å². The van der Waals surface area contributed by atoms with E-state index in [2.05, 4.69) is 10.2 Å². The van der Waals surface area contributed by atoms with Gasteiger partial charge in [-0.2, -0.15) is 0 Å². The first-order valence-electron chi connectivity index (χ1n) is 6.60. The van der Waals surface area contributed by atoms with Gasteiger partial charge in [0.1, 0.15) is 0 Å². The van der Waals surface area contributed by atoms with Crippen LogP contribution in [0.5, 0.6) is 0 Å². The number of aromatic nitrogens is 2. The molecule has 1 aromatic heterocycles. The Morgan fingerprint density at radius 2 is 1.86 bits per heavy atom. The van der Waals surface area contributed by atoms with E-state index >= 15 is 0 Å². The molecule has 0 N–H and O–H groups in total. The summed E-state index contributed by atoms with van der Waals surface area (Å²) in [6.07, 6.45) is 0. The number of nitrogens with zero attached hydrogens (tertiary/aromatic N) is 2. The van der Waals surface area contributed by atoms with Gasteiger partial charge in [0, 0.05) is 11.3 Å².